The maximum atomic E-state index is 12.9. The molecule has 14 heteroatoms. The maximum Gasteiger partial charge on any atom is 0.422 e. The molecule has 1 aliphatic rings. The van der Waals surface area contributed by atoms with E-state index in [0.717, 1.165) is 24.5 Å². The van der Waals surface area contributed by atoms with Gasteiger partial charge in [0.25, 0.3) is 5.91 Å². The number of unbranched alkanes of at least 4 members (excludes halogenated alkanes) is 1. The Balaban J connectivity index is 2.19. The fourth-order valence-electron chi connectivity index (χ4n) is 3.90. The summed E-state index contributed by atoms with van der Waals surface area (Å²) in [6.45, 7) is -2.42. The highest BCUT2D eigenvalue weighted by Gasteiger charge is 2.34. The molecule has 2 unspecified atom stereocenters. The van der Waals surface area contributed by atoms with Crippen LogP contribution in [0.4, 0.5) is 26.3 Å². The molecule has 1 heterocycles. The number of piperidine rings is 1. The number of halogens is 6. The predicted molar refractivity (Wildman–Crippen MR) is 117 cm³/mol. The van der Waals surface area contributed by atoms with E-state index in [9.17, 15) is 40.7 Å². The lowest BCUT2D eigenvalue weighted by atomic mass is 9.90. The van der Waals surface area contributed by atoms with Gasteiger partial charge in [-0.05, 0) is 50.6 Å². The zero-order chi connectivity index (χ0) is 27.6. The largest absolute Gasteiger partial charge is 0.484 e. The number of nitrogens with zero attached hydrogens (tertiary/aromatic N) is 1. The lowest BCUT2D eigenvalue weighted by Gasteiger charge is -2.38. The number of rotatable bonds is 12. The molecule has 0 aromatic heterocycles. The molecule has 37 heavy (non-hydrogen) atoms. The van der Waals surface area contributed by atoms with Crippen molar-refractivity contribution in [3.05, 3.63) is 23.8 Å². The third kappa shape index (κ3) is 10.5. The molecule has 8 nitrogen and oxygen atoms in total. The van der Waals surface area contributed by atoms with Crippen molar-refractivity contribution in [3.63, 3.8) is 0 Å². The lowest BCUT2D eigenvalue weighted by Crippen LogP contribution is -2.50. The average Bonchev–Trinajstić information content (AvgIpc) is 2.84. The van der Waals surface area contributed by atoms with Crippen LogP contribution in [0.3, 0.4) is 0 Å². The van der Waals surface area contributed by atoms with Crippen molar-refractivity contribution in [2.24, 2.45) is 5.92 Å². The molecular weight excluding hydrogens is 514 g/mol. The first-order chi connectivity index (χ1) is 17.3. The summed E-state index contributed by atoms with van der Waals surface area (Å²) in [4.78, 5) is 37.6. The van der Waals surface area contributed by atoms with Crippen LogP contribution in [0.25, 0.3) is 0 Å². The van der Waals surface area contributed by atoms with E-state index in [1.54, 1.807) is 0 Å². The van der Waals surface area contributed by atoms with Crippen LogP contribution in [-0.2, 0) is 14.3 Å². The number of carbonyl (C=O) groups is 3. The number of nitrogens with one attached hydrogen (secondary N) is 1. The van der Waals surface area contributed by atoms with Gasteiger partial charge < -0.3 is 24.3 Å². The topological polar surface area (TPSA) is 94.2 Å². The Morgan fingerprint density at radius 2 is 1.78 bits per heavy atom. The van der Waals surface area contributed by atoms with Gasteiger partial charge in [0, 0.05) is 19.0 Å². The van der Waals surface area contributed by atoms with Crippen molar-refractivity contribution < 1.29 is 54.9 Å². The summed E-state index contributed by atoms with van der Waals surface area (Å²) in [5.74, 6) is -2.63. The number of methoxy groups -OCH3 is 1. The molecule has 1 aromatic rings. The van der Waals surface area contributed by atoms with Crippen molar-refractivity contribution in [1.82, 2.24) is 10.2 Å². The van der Waals surface area contributed by atoms with Crippen LogP contribution in [0.15, 0.2) is 18.2 Å². The van der Waals surface area contributed by atoms with Gasteiger partial charge in [-0.25, -0.2) is 0 Å². The minimum atomic E-state index is -4.72. The molecule has 0 bridgehead atoms. The Labute approximate surface area is 209 Å². The minimum Gasteiger partial charge on any atom is -0.484 e. The van der Waals surface area contributed by atoms with E-state index in [0.29, 0.717) is 38.8 Å². The number of carbonyl (C=O) groups excluding carboxylic acids is 3. The summed E-state index contributed by atoms with van der Waals surface area (Å²) < 4.78 is 89.6. The average molecular weight is 542 g/mol. The molecule has 1 aliphatic heterocycles. The van der Waals surface area contributed by atoms with Gasteiger partial charge in [0.15, 0.2) is 13.2 Å². The highest BCUT2D eigenvalue weighted by molar-refractivity contribution is 5.97. The van der Waals surface area contributed by atoms with E-state index in [-0.39, 0.29) is 18.3 Å². The fraction of sp³-hybridized carbons (Fsp3) is 0.609. The molecule has 1 fully saturated rings. The van der Waals surface area contributed by atoms with Gasteiger partial charge in [-0.3, -0.25) is 14.5 Å². The molecule has 1 amide bonds. The number of likely N-dealkylation sites (tertiary alicyclic amines) is 1. The number of hydrogen-bond donors (Lipinski definition) is 1. The van der Waals surface area contributed by atoms with Gasteiger partial charge in [-0.15, -0.1) is 0 Å². The van der Waals surface area contributed by atoms with Crippen LogP contribution >= 0.6 is 0 Å². The van der Waals surface area contributed by atoms with Crippen molar-refractivity contribution >= 4 is 18.2 Å². The summed E-state index contributed by atoms with van der Waals surface area (Å²) in [7, 11) is 1.26. The second-order valence-corrected chi connectivity index (χ2v) is 8.42. The van der Waals surface area contributed by atoms with Gasteiger partial charge in [-0.1, -0.05) is 0 Å². The molecular formula is C23H28F6N2O6. The van der Waals surface area contributed by atoms with E-state index in [1.807, 2.05) is 4.90 Å². The molecule has 1 saturated heterocycles. The molecule has 0 saturated carbocycles. The Kier molecular flexibility index (Phi) is 11.0. The molecule has 1 N–H and O–H groups in total. The van der Waals surface area contributed by atoms with Crippen molar-refractivity contribution in [1.29, 1.82) is 0 Å². The Bertz CT molecular complexity index is 924. The minimum absolute atomic E-state index is 0.0280. The molecule has 0 radical (unpaired) electrons. The maximum absolute atomic E-state index is 12.9. The van der Waals surface area contributed by atoms with E-state index in [4.69, 9.17) is 9.47 Å². The standard InChI is InChI=1S/C23H28F6N2O6/c1-35-21(34)15-6-8-31(7-2-3-9-32)16(10-15)12-30-20(33)18-11-17(36-13-22(24,25)26)4-5-19(18)37-14-23(27,28)29/h4-5,9,11,15-16H,2-3,6-8,10,12-14H2,1H3,(H,30,33). The molecule has 2 atom stereocenters. The second kappa shape index (κ2) is 13.5. The highest BCUT2D eigenvalue weighted by atomic mass is 19.4. The zero-order valence-corrected chi connectivity index (χ0v) is 20.0. The van der Waals surface area contributed by atoms with E-state index < -0.39 is 54.7 Å². The lowest BCUT2D eigenvalue weighted by molar-refractivity contribution is -0.154. The van der Waals surface area contributed by atoms with Crippen molar-refractivity contribution in [3.8, 4) is 11.5 Å². The second-order valence-electron chi connectivity index (χ2n) is 8.42. The first kappa shape index (κ1) is 30.2. The van der Waals surface area contributed by atoms with Crippen LogP contribution in [0.1, 0.15) is 36.0 Å². The van der Waals surface area contributed by atoms with E-state index in [2.05, 4.69) is 10.1 Å². The highest BCUT2D eigenvalue weighted by Crippen LogP contribution is 2.29. The van der Waals surface area contributed by atoms with Gasteiger partial charge >= 0.3 is 18.3 Å². The number of aldehydes is 1. The number of amides is 1. The number of ether oxygens (including phenoxy) is 3. The first-order valence-corrected chi connectivity index (χ1v) is 11.4. The summed E-state index contributed by atoms with van der Waals surface area (Å²) >= 11 is 0. The Hall–Kier alpha value is -3.03. The van der Waals surface area contributed by atoms with Gasteiger partial charge in [0.2, 0.25) is 0 Å². The van der Waals surface area contributed by atoms with Crippen molar-refractivity contribution in [2.45, 2.75) is 44.1 Å². The molecule has 0 spiro atoms. The SMILES string of the molecule is COC(=O)C1CCN(CCCC=O)C(CNC(=O)c2cc(OCC(F)(F)F)ccc2OCC(F)(F)F)C1. The van der Waals surface area contributed by atoms with Crippen LogP contribution in [0.2, 0.25) is 0 Å². The van der Waals surface area contributed by atoms with Crippen LogP contribution in [0, 0.1) is 5.92 Å². The van der Waals surface area contributed by atoms with Gasteiger partial charge in [0.05, 0.1) is 18.6 Å². The number of hydrogen-bond acceptors (Lipinski definition) is 7. The third-order valence-electron chi connectivity index (χ3n) is 5.63. The smallest absolute Gasteiger partial charge is 0.422 e. The van der Waals surface area contributed by atoms with Gasteiger partial charge in [-0.2, -0.15) is 26.3 Å². The van der Waals surface area contributed by atoms with E-state index >= 15 is 0 Å². The van der Waals surface area contributed by atoms with E-state index in [1.165, 1.54) is 7.11 Å². The number of alkyl halides is 6. The summed E-state index contributed by atoms with van der Waals surface area (Å²) in [5.41, 5.74) is -0.447. The quantitative estimate of drug-likeness (QED) is 0.187. The molecule has 0 aliphatic carbocycles. The molecule has 1 aromatic carbocycles. The number of esters is 1. The molecule has 208 valence electrons. The van der Waals surface area contributed by atoms with Crippen LogP contribution in [0.5, 0.6) is 11.5 Å². The zero-order valence-electron chi connectivity index (χ0n) is 20.0. The summed E-state index contributed by atoms with van der Waals surface area (Å²) in [5, 5.41) is 2.56. The van der Waals surface area contributed by atoms with Crippen LogP contribution < -0.4 is 14.8 Å². The molecule has 2 rings (SSSR count). The normalized spacial score (nSPS) is 18.7. The summed E-state index contributed by atoms with van der Waals surface area (Å²) in [6.07, 6.45) is -6.92. The number of benzene rings is 1. The first-order valence-electron chi connectivity index (χ1n) is 11.4. The third-order valence-corrected chi connectivity index (χ3v) is 5.63. The summed E-state index contributed by atoms with van der Waals surface area (Å²) in [6, 6.07) is 2.39. The van der Waals surface area contributed by atoms with Gasteiger partial charge in [0.1, 0.15) is 17.8 Å². The van der Waals surface area contributed by atoms with Crippen LogP contribution in [-0.4, -0.2) is 81.4 Å². The van der Waals surface area contributed by atoms with Crippen molar-refractivity contribution in [2.75, 3.05) is 40.0 Å². The predicted octanol–water partition coefficient (Wildman–Crippen LogP) is 3.53. The Morgan fingerprint density at radius 3 is 2.41 bits per heavy atom. The Morgan fingerprint density at radius 1 is 1.11 bits per heavy atom. The monoisotopic (exact) mass is 542 g/mol. The fourth-order valence-corrected chi connectivity index (χ4v) is 3.90.